The predicted octanol–water partition coefficient (Wildman–Crippen LogP) is 3.96. The van der Waals surface area contributed by atoms with Gasteiger partial charge in [0.1, 0.15) is 0 Å². The topological polar surface area (TPSA) is 30.9 Å². The Morgan fingerprint density at radius 2 is 1.58 bits per heavy atom. The Morgan fingerprint density at radius 3 is 2.26 bits per heavy atom. The molecule has 1 atom stereocenters. The van der Waals surface area contributed by atoms with Gasteiger partial charge in [0.2, 0.25) is 0 Å². The maximum absolute atomic E-state index is 6.20. The summed E-state index contributed by atoms with van der Waals surface area (Å²) in [5, 5.41) is 1.28. The molecule has 2 N–H and O–H groups in total. The normalized spacial score (nSPS) is 12.8. The Kier molecular flexibility index (Phi) is 2.88. The van der Waals surface area contributed by atoms with E-state index in [0.717, 1.165) is 0 Å². The van der Waals surface area contributed by atoms with Crippen LogP contribution in [0.25, 0.3) is 16.6 Å². The van der Waals surface area contributed by atoms with E-state index in [0.29, 0.717) is 0 Å². The Balaban J connectivity index is 2.42. The molecule has 0 aliphatic carbocycles. The highest BCUT2D eigenvalue weighted by Gasteiger charge is 2.17. The van der Waals surface area contributed by atoms with Gasteiger partial charge in [-0.3, -0.25) is 0 Å². The average Bonchev–Trinajstić information content (AvgIpc) is 2.74. The Bertz CT molecular complexity index is 709. The number of benzene rings is 2. The molecular weight excluding hydrogens is 232 g/mol. The summed E-state index contributed by atoms with van der Waals surface area (Å²) in [4.78, 5) is 0. The van der Waals surface area contributed by atoms with Crippen LogP contribution >= 0.6 is 0 Å². The molecule has 2 nitrogen and oxygen atoms in total. The largest absolute Gasteiger partial charge is 0.323 e. The standard InChI is InChI=1S/C17H18N2/c1-12-15-10-6-7-11-16(15)19(17(12)13(2)18)14-8-4-3-5-9-14/h3-11,13H,18H2,1-2H3. The van der Waals surface area contributed by atoms with Gasteiger partial charge in [-0.25, -0.2) is 0 Å². The van der Waals surface area contributed by atoms with E-state index in [2.05, 4.69) is 60.0 Å². The van der Waals surface area contributed by atoms with E-state index < -0.39 is 0 Å². The number of hydrogen-bond donors (Lipinski definition) is 1. The van der Waals surface area contributed by atoms with Gasteiger partial charge in [-0.1, -0.05) is 36.4 Å². The third-order valence-corrected chi connectivity index (χ3v) is 3.62. The first-order chi connectivity index (χ1) is 9.20. The summed E-state index contributed by atoms with van der Waals surface area (Å²) in [6, 6.07) is 18.9. The number of fused-ring (bicyclic) bond motifs is 1. The van der Waals surface area contributed by atoms with Crippen LogP contribution in [0.4, 0.5) is 0 Å². The maximum atomic E-state index is 6.20. The molecule has 3 rings (SSSR count). The van der Waals surface area contributed by atoms with Gasteiger partial charge in [0.25, 0.3) is 0 Å². The molecule has 0 bridgehead atoms. The van der Waals surface area contributed by atoms with E-state index in [1.165, 1.54) is 27.8 Å². The van der Waals surface area contributed by atoms with E-state index in [9.17, 15) is 0 Å². The number of para-hydroxylation sites is 2. The lowest BCUT2D eigenvalue weighted by Gasteiger charge is -2.14. The van der Waals surface area contributed by atoms with Crippen molar-refractivity contribution in [3.8, 4) is 5.69 Å². The molecular formula is C17H18N2. The maximum Gasteiger partial charge on any atom is 0.0534 e. The van der Waals surface area contributed by atoms with Crippen LogP contribution in [0.5, 0.6) is 0 Å². The van der Waals surface area contributed by atoms with Gasteiger partial charge in [0, 0.05) is 22.8 Å². The first-order valence-electron chi connectivity index (χ1n) is 6.61. The molecule has 0 spiro atoms. The van der Waals surface area contributed by atoms with Crippen LogP contribution in [0.3, 0.4) is 0 Å². The lowest BCUT2D eigenvalue weighted by Crippen LogP contribution is -2.12. The van der Waals surface area contributed by atoms with E-state index in [1.807, 2.05) is 13.0 Å². The molecule has 96 valence electrons. The highest BCUT2D eigenvalue weighted by atomic mass is 15.0. The number of aromatic nitrogens is 1. The number of aryl methyl sites for hydroxylation is 1. The van der Waals surface area contributed by atoms with Gasteiger partial charge in [0.15, 0.2) is 0 Å². The van der Waals surface area contributed by atoms with Gasteiger partial charge in [0.05, 0.1) is 5.52 Å². The summed E-state index contributed by atoms with van der Waals surface area (Å²) in [6.45, 7) is 4.20. The summed E-state index contributed by atoms with van der Waals surface area (Å²) in [5.74, 6) is 0. The van der Waals surface area contributed by atoms with Crippen LogP contribution in [0, 0.1) is 6.92 Å². The van der Waals surface area contributed by atoms with Crippen LogP contribution in [0.2, 0.25) is 0 Å². The second-order valence-electron chi connectivity index (χ2n) is 4.99. The van der Waals surface area contributed by atoms with Crippen LogP contribution in [0.1, 0.15) is 24.2 Å². The van der Waals surface area contributed by atoms with Crippen LogP contribution in [-0.4, -0.2) is 4.57 Å². The Morgan fingerprint density at radius 1 is 0.947 bits per heavy atom. The summed E-state index contributed by atoms with van der Waals surface area (Å²) in [6.07, 6.45) is 0. The molecule has 2 aromatic carbocycles. The SMILES string of the molecule is Cc1c(C(C)N)n(-c2ccccc2)c2ccccc12. The zero-order chi connectivity index (χ0) is 13.4. The van der Waals surface area contributed by atoms with Crippen LogP contribution in [-0.2, 0) is 0 Å². The first-order valence-corrected chi connectivity index (χ1v) is 6.61. The Hall–Kier alpha value is -2.06. The molecule has 0 aliphatic rings. The van der Waals surface area contributed by atoms with Gasteiger partial charge in [-0.15, -0.1) is 0 Å². The number of rotatable bonds is 2. The van der Waals surface area contributed by atoms with Crippen molar-refractivity contribution in [2.45, 2.75) is 19.9 Å². The summed E-state index contributed by atoms with van der Waals surface area (Å²) >= 11 is 0. The fourth-order valence-electron chi connectivity index (χ4n) is 2.82. The fourth-order valence-corrected chi connectivity index (χ4v) is 2.82. The van der Waals surface area contributed by atoms with Crippen LogP contribution < -0.4 is 5.73 Å². The van der Waals surface area contributed by atoms with Crippen molar-refractivity contribution < 1.29 is 0 Å². The number of nitrogens with zero attached hydrogens (tertiary/aromatic N) is 1. The van der Waals surface area contributed by atoms with Crippen molar-refractivity contribution in [2.75, 3.05) is 0 Å². The third-order valence-electron chi connectivity index (χ3n) is 3.62. The lowest BCUT2D eigenvalue weighted by molar-refractivity contribution is 0.752. The second-order valence-corrected chi connectivity index (χ2v) is 4.99. The number of nitrogens with two attached hydrogens (primary N) is 1. The minimum absolute atomic E-state index is 0.00704. The molecule has 19 heavy (non-hydrogen) atoms. The molecule has 0 saturated heterocycles. The summed E-state index contributed by atoms with van der Waals surface area (Å²) in [5.41, 5.74) is 11.0. The molecule has 0 radical (unpaired) electrons. The average molecular weight is 250 g/mol. The highest BCUT2D eigenvalue weighted by molar-refractivity contribution is 5.87. The van der Waals surface area contributed by atoms with E-state index in [-0.39, 0.29) is 6.04 Å². The predicted molar refractivity (Wildman–Crippen MR) is 80.6 cm³/mol. The minimum atomic E-state index is 0.00704. The van der Waals surface area contributed by atoms with Gasteiger partial charge < -0.3 is 10.3 Å². The van der Waals surface area contributed by atoms with Crippen molar-refractivity contribution in [1.29, 1.82) is 0 Å². The third kappa shape index (κ3) is 1.85. The smallest absolute Gasteiger partial charge is 0.0534 e. The molecule has 2 heteroatoms. The summed E-state index contributed by atoms with van der Waals surface area (Å²) < 4.78 is 2.27. The van der Waals surface area contributed by atoms with Gasteiger partial charge in [-0.05, 0) is 37.6 Å². The minimum Gasteiger partial charge on any atom is -0.323 e. The first kappa shape index (κ1) is 12.0. The van der Waals surface area contributed by atoms with E-state index in [4.69, 9.17) is 5.73 Å². The molecule has 1 aromatic heterocycles. The summed E-state index contributed by atoms with van der Waals surface area (Å²) in [7, 11) is 0. The lowest BCUT2D eigenvalue weighted by atomic mass is 10.1. The van der Waals surface area contributed by atoms with Gasteiger partial charge >= 0.3 is 0 Å². The molecule has 0 aliphatic heterocycles. The Labute approximate surface area is 113 Å². The van der Waals surface area contributed by atoms with Crippen molar-refractivity contribution in [1.82, 2.24) is 4.57 Å². The van der Waals surface area contributed by atoms with Crippen molar-refractivity contribution in [2.24, 2.45) is 5.73 Å². The van der Waals surface area contributed by atoms with Crippen molar-refractivity contribution >= 4 is 10.9 Å². The second kappa shape index (κ2) is 4.56. The zero-order valence-corrected chi connectivity index (χ0v) is 11.3. The molecule has 1 heterocycles. The van der Waals surface area contributed by atoms with Crippen molar-refractivity contribution in [3.05, 3.63) is 65.9 Å². The quantitative estimate of drug-likeness (QED) is 0.733. The van der Waals surface area contributed by atoms with Gasteiger partial charge in [-0.2, -0.15) is 0 Å². The molecule has 3 aromatic rings. The van der Waals surface area contributed by atoms with E-state index in [1.54, 1.807) is 0 Å². The zero-order valence-electron chi connectivity index (χ0n) is 11.3. The number of hydrogen-bond acceptors (Lipinski definition) is 1. The van der Waals surface area contributed by atoms with Crippen molar-refractivity contribution in [3.63, 3.8) is 0 Å². The van der Waals surface area contributed by atoms with Crippen LogP contribution in [0.15, 0.2) is 54.6 Å². The molecule has 0 saturated carbocycles. The van der Waals surface area contributed by atoms with E-state index >= 15 is 0 Å². The molecule has 1 unspecified atom stereocenters. The molecule has 0 amide bonds. The molecule has 0 fully saturated rings. The fraction of sp³-hybridized carbons (Fsp3) is 0.176. The highest BCUT2D eigenvalue weighted by Crippen LogP contribution is 2.31. The monoisotopic (exact) mass is 250 g/mol.